The van der Waals surface area contributed by atoms with Crippen LogP contribution in [0.4, 0.5) is 61.5 Å². The Bertz CT molecular complexity index is 4800. The van der Waals surface area contributed by atoms with Crippen LogP contribution in [0.25, 0.3) is 56.4 Å². The van der Waals surface area contributed by atoms with E-state index in [1.807, 2.05) is 60.7 Å². The van der Waals surface area contributed by atoms with Gasteiger partial charge in [-0.15, -0.1) is 54.2 Å². The van der Waals surface area contributed by atoms with Crippen molar-refractivity contribution in [2.75, 3.05) is 0 Å². The zero-order valence-corrected chi connectivity index (χ0v) is 69.1. The number of hydrogen-bond acceptors (Lipinski definition) is 11. The van der Waals surface area contributed by atoms with Crippen LogP contribution in [0.15, 0.2) is 280 Å². The zero-order chi connectivity index (χ0) is 79.6. The molecule has 0 amide bonds. The largest absolute Gasteiger partial charge is 0.576 e. The third-order valence-corrected chi connectivity index (χ3v) is 16.4. The van der Waals surface area contributed by atoms with E-state index in [4.69, 9.17) is 10.2 Å². The molecule has 14 aromatic rings. The zero-order valence-electron chi connectivity index (χ0n) is 58.5. The number of aromatic carboxylic acids is 1. The van der Waals surface area contributed by atoms with Crippen molar-refractivity contribution in [2.24, 2.45) is 0 Å². The van der Waals surface area contributed by atoms with Crippen molar-refractivity contribution >= 4 is 30.3 Å². The summed E-state index contributed by atoms with van der Waals surface area (Å²) in [4.78, 5) is 43.4. The summed E-state index contributed by atoms with van der Waals surface area (Å²) >= 11 is 0. The molecule has 0 spiro atoms. The molecule has 0 unspecified atom stereocenters. The van der Waals surface area contributed by atoms with Gasteiger partial charge in [0.05, 0.1) is 30.5 Å². The third-order valence-electron chi connectivity index (χ3n) is 13.7. The van der Waals surface area contributed by atoms with Crippen LogP contribution >= 0.6 is 7.92 Å². The van der Waals surface area contributed by atoms with Gasteiger partial charge in [0.15, 0.2) is 5.78 Å². The van der Waals surface area contributed by atoms with Crippen LogP contribution < -0.4 is 20.8 Å². The number of carboxylic acids is 1. The van der Waals surface area contributed by atoms with Crippen LogP contribution in [0.3, 0.4) is 0 Å². The fourth-order valence-electron chi connectivity index (χ4n) is 8.85. The Balaban J connectivity index is 0.000000342. The number of hydrogen-bond donors (Lipinski definition) is 2. The number of carbonyl (C=O) groups excluding carboxylic acids is 1. The van der Waals surface area contributed by atoms with Gasteiger partial charge in [-0.25, -0.2) is 9.78 Å². The first-order valence-electron chi connectivity index (χ1n) is 31.8. The third kappa shape index (κ3) is 33.2. The summed E-state index contributed by atoms with van der Waals surface area (Å²) in [5, 5.41) is 32.4. The van der Waals surface area contributed by atoms with E-state index >= 15 is 0 Å². The van der Waals surface area contributed by atoms with Gasteiger partial charge in [-0.3, -0.25) is 44.9 Å². The fourth-order valence-corrected chi connectivity index (χ4v) is 11.3. The van der Waals surface area contributed by atoms with Gasteiger partial charge in [0, 0.05) is 176 Å². The second-order valence-corrected chi connectivity index (χ2v) is 24.3. The van der Waals surface area contributed by atoms with Crippen LogP contribution in [0.1, 0.15) is 41.4 Å². The van der Waals surface area contributed by atoms with Crippen molar-refractivity contribution in [3.05, 3.63) is 373 Å². The Morgan fingerprint density at radius 2 is 0.693 bits per heavy atom. The molecule has 2 N–H and O–H groups in total. The molecule has 14 rings (SSSR count). The van der Waals surface area contributed by atoms with Crippen LogP contribution in [0, 0.1) is 70.8 Å². The van der Waals surface area contributed by atoms with Gasteiger partial charge in [-0.05, 0) is 122 Å². The maximum absolute atomic E-state index is 13.2. The minimum atomic E-state index is -4.46. The Morgan fingerprint density at radius 1 is 0.395 bits per heavy atom. The van der Waals surface area contributed by atoms with E-state index in [9.17, 15) is 71.1 Å². The molecule has 0 saturated carbocycles. The molecule has 0 saturated heterocycles. The minimum absolute atomic E-state index is 0. The number of pyridine rings is 6. The number of carboxylic acid groups (broad SMARTS) is 1. The Morgan fingerprint density at radius 3 is 0.930 bits per heavy atom. The molecule has 6 aromatic carbocycles. The number of rotatable bonds is 11. The molecule has 114 heavy (non-hydrogen) atoms. The normalized spacial score (nSPS) is 10.3. The van der Waals surface area contributed by atoms with Gasteiger partial charge in [-0.2, -0.15) is 26.3 Å². The minimum Gasteiger partial charge on any atom is -0.576 e. The quantitative estimate of drug-likeness (QED) is 0.0406. The van der Waals surface area contributed by atoms with Crippen molar-refractivity contribution < 1.29 is 162 Å². The molecule has 14 nitrogen and oxygen atoms in total. The summed E-state index contributed by atoms with van der Waals surface area (Å²) in [5.74, 6) is -6.20. The number of allylic oxidation sites excluding steroid dienone is 2. The van der Waals surface area contributed by atoms with Crippen LogP contribution in [0.5, 0.6) is 0 Å². The van der Waals surface area contributed by atoms with Crippen LogP contribution in [-0.2, 0) is 104 Å². The summed E-state index contributed by atoms with van der Waals surface area (Å²) in [6.07, 6.45) is 1.86. The van der Waals surface area contributed by atoms with E-state index in [1.54, 1.807) is 128 Å². The molecule has 0 atom stereocenters. The first kappa shape index (κ1) is 97.6. The second-order valence-electron chi connectivity index (χ2n) is 21.9. The summed E-state index contributed by atoms with van der Waals surface area (Å²) < 4.78 is 178. The molecule has 0 aliphatic carbocycles. The van der Waals surface area contributed by atoms with Crippen LogP contribution in [0.2, 0.25) is 0 Å². The topological polar surface area (TPSA) is 206 Å². The van der Waals surface area contributed by atoms with Crippen molar-refractivity contribution in [1.82, 2.24) is 50.3 Å². The molecule has 0 bridgehead atoms. The summed E-state index contributed by atoms with van der Waals surface area (Å²) in [7, 11) is -1.25. The first-order valence-corrected chi connectivity index (χ1v) is 33.5. The molecular formula is C81H56F14Ir4N10O4P-5. The predicted octanol–water partition coefficient (Wildman–Crippen LogP) is 18.7. The Kier molecular flexibility index (Phi) is 42.6. The van der Waals surface area contributed by atoms with Gasteiger partial charge in [-0.1, -0.05) is 149 Å². The van der Waals surface area contributed by atoms with E-state index in [1.165, 1.54) is 38.4 Å². The molecule has 4 radical (unpaired) electrons. The summed E-state index contributed by atoms with van der Waals surface area (Å²) in [6, 6.07) is 69.4. The van der Waals surface area contributed by atoms with E-state index in [0.29, 0.717) is 40.3 Å². The average molecular weight is 2300 g/mol. The van der Waals surface area contributed by atoms with Gasteiger partial charge in [0.2, 0.25) is 0 Å². The number of aromatic nitrogens is 10. The maximum atomic E-state index is 13.2. The molecule has 8 heterocycles. The number of aliphatic hydroxyl groups is 1. The summed E-state index contributed by atoms with van der Waals surface area (Å²) in [6.45, 7) is 2.85. The van der Waals surface area contributed by atoms with Crippen LogP contribution in [-0.4, -0.2) is 62.1 Å². The SMILES string of the molecule is CC(=O)C=C(C)O.FC(F)(F)c1cc(-c2ccccn2)[n-]n1.FC(F)(F)c1cc(C[PH+](c2ccccc2)c2ccccc2)[n-]n1.Fc1c[c-]c(-c2ccccn2)c(F)c1.Fc1c[c-]c(-c2ccccn2)c(F)c1.Fc1c[c-]c(-c2ccccn2)c(F)c1.Fc1c[c-]c(-c2ccccn2)c(F)c1.O=C(O)c1ccccn1.[Ir].[Ir].[Ir].[Ir]. The molecule has 0 fully saturated rings. The molecule has 33 heteroatoms. The van der Waals surface area contributed by atoms with E-state index in [-0.39, 0.29) is 126 Å². The van der Waals surface area contributed by atoms with Gasteiger partial charge < -0.3 is 50.5 Å². The van der Waals surface area contributed by atoms with Crippen molar-refractivity contribution in [3.8, 4) is 56.4 Å². The van der Waals surface area contributed by atoms with Gasteiger partial charge >= 0.3 is 18.3 Å². The number of aliphatic hydroxyl groups excluding tert-OH is 1. The van der Waals surface area contributed by atoms with Gasteiger partial charge in [0.1, 0.15) is 17.1 Å². The maximum Gasteiger partial charge on any atom is 0.431 e. The van der Waals surface area contributed by atoms with Crippen molar-refractivity contribution in [1.29, 1.82) is 0 Å². The van der Waals surface area contributed by atoms with E-state index in [0.717, 1.165) is 71.3 Å². The Labute approximate surface area is 699 Å². The molecule has 598 valence electrons. The van der Waals surface area contributed by atoms with Crippen molar-refractivity contribution in [2.45, 2.75) is 32.4 Å². The van der Waals surface area contributed by atoms with Gasteiger partial charge in [0.25, 0.3) is 0 Å². The fraction of sp³-hybridized carbons (Fsp3) is 0.0617. The molecule has 0 aliphatic rings. The molecule has 8 aromatic heterocycles. The standard InChI is InChI=1S/C17H13F3N2P.4C11H6F2N.C9H5F3N3.C6H5NO2.C5H8O2.4Ir/c18-17(19,20)16-11-13(21-22-16)12-23(14-7-3-1-4-8-14)15-9-5-2-6-10-15;4*12-8-4-5-9(10(13)7-8)11-3-1-2-6-14-11;10-9(11,12)8-5-7(14-15-8)6-3-1-2-4-13-6;8-6(9)5-3-1-2-4-7-5;1-4(6)3-5(2)7;;;;/h1-11H,12H2;4*1-4,6-7H;1-5H;1-4H,(H,8,9);3,6H,1-2H3;;;;/q6*-1;;;;;;/p+1. The Hall–Kier alpha value is -10.6. The van der Waals surface area contributed by atoms with Crippen molar-refractivity contribution in [3.63, 3.8) is 0 Å². The smallest absolute Gasteiger partial charge is 0.431 e. The molecular weight excluding hydrogens is 2240 g/mol. The van der Waals surface area contributed by atoms with E-state index in [2.05, 4.69) is 74.6 Å². The predicted molar refractivity (Wildman–Crippen MR) is 384 cm³/mol. The number of benzene rings is 6. The average Bonchev–Trinajstić information content (AvgIpc) is 1.59. The summed E-state index contributed by atoms with van der Waals surface area (Å²) in [5.41, 5.74) is 1.60. The number of alkyl halides is 6. The molecule has 0 aliphatic heterocycles. The van der Waals surface area contributed by atoms with E-state index < -0.39 is 84.2 Å². The number of carbonyl (C=O) groups is 2. The number of halogens is 14. The number of nitrogens with zero attached hydrogens (tertiary/aromatic N) is 10. The second kappa shape index (κ2) is 49.8. The number of ketones is 1. The monoisotopic (exact) mass is 2300 g/mol. The first-order chi connectivity index (χ1) is 52.6.